The van der Waals surface area contributed by atoms with E-state index < -0.39 is 5.91 Å². The first-order valence-electron chi connectivity index (χ1n) is 10.9. The smallest absolute Gasteiger partial charge is 0.307 e. The molecule has 1 heterocycles. The van der Waals surface area contributed by atoms with Crippen LogP contribution in [-0.4, -0.2) is 19.2 Å². The van der Waals surface area contributed by atoms with Crippen molar-refractivity contribution in [3.05, 3.63) is 108 Å². The first-order valence-corrected chi connectivity index (χ1v) is 10.9. The number of benzene rings is 4. The number of para-hydroxylation sites is 1. The standard InChI is InChI=1S/C28H21FN2O4/c1-33-25-8-4-6-20-15-26(35-27(20)25)28(32)31-30-16-23-22-7-3-2-5-19(22)11-14-24(23)34-17-18-9-12-21(29)13-10-18/h2-16H,17H2,1H3,(H,31,32). The molecule has 4 aromatic carbocycles. The maximum absolute atomic E-state index is 13.2. The minimum absolute atomic E-state index is 0.118. The molecule has 0 unspecified atom stereocenters. The van der Waals surface area contributed by atoms with Crippen molar-refractivity contribution in [3.63, 3.8) is 0 Å². The molecule has 0 aliphatic carbocycles. The monoisotopic (exact) mass is 468 g/mol. The van der Waals surface area contributed by atoms with Crippen molar-refractivity contribution < 1.29 is 23.1 Å². The highest BCUT2D eigenvalue weighted by Gasteiger charge is 2.14. The van der Waals surface area contributed by atoms with Crippen LogP contribution in [0.4, 0.5) is 4.39 Å². The molecule has 0 fully saturated rings. The molecule has 1 amide bonds. The molecule has 5 rings (SSSR count). The summed E-state index contributed by atoms with van der Waals surface area (Å²) in [6, 6.07) is 24.8. The number of amides is 1. The van der Waals surface area contributed by atoms with E-state index >= 15 is 0 Å². The van der Waals surface area contributed by atoms with Crippen LogP contribution in [0.1, 0.15) is 21.7 Å². The first kappa shape index (κ1) is 22.2. The lowest BCUT2D eigenvalue weighted by Gasteiger charge is -2.12. The summed E-state index contributed by atoms with van der Waals surface area (Å²) in [6.45, 7) is 0.257. The van der Waals surface area contributed by atoms with Gasteiger partial charge in [-0.2, -0.15) is 5.10 Å². The molecular weight excluding hydrogens is 447 g/mol. The molecule has 7 heteroatoms. The second-order valence-electron chi connectivity index (χ2n) is 7.80. The summed E-state index contributed by atoms with van der Waals surface area (Å²) in [6.07, 6.45) is 1.55. The Morgan fingerprint density at radius 3 is 2.60 bits per heavy atom. The van der Waals surface area contributed by atoms with Crippen LogP contribution in [0.25, 0.3) is 21.7 Å². The summed E-state index contributed by atoms with van der Waals surface area (Å²) in [4.78, 5) is 12.7. The molecular formula is C28H21FN2O4. The Balaban J connectivity index is 1.39. The van der Waals surface area contributed by atoms with Gasteiger partial charge < -0.3 is 13.9 Å². The normalized spacial score (nSPS) is 11.3. The van der Waals surface area contributed by atoms with Gasteiger partial charge in [0.25, 0.3) is 0 Å². The predicted octanol–water partition coefficient (Wildman–Crippen LogP) is 6.08. The van der Waals surface area contributed by atoms with Crippen molar-refractivity contribution in [2.45, 2.75) is 6.61 Å². The first-order chi connectivity index (χ1) is 17.1. The average molecular weight is 468 g/mol. The zero-order valence-electron chi connectivity index (χ0n) is 18.8. The predicted molar refractivity (Wildman–Crippen MR) is 133 cm³/mol. The van der Waals surface area contributed by atoms with Crippen molar-refractivity contribution >= 4 is 33.9 Å². The van der Waals surface area contributed by atoms with E-state index in [1.54, 1.807) is 37.6 Å². The number of carbonyl (C=O) groups excluding carboxylic acids is 1. The summed E-state index contributed by atoms with van der Waals surface area (Å²) in [7, 11) is 1.54. The van der Waals surface area contributed by atoms with Crippen molar-refractivity contribution in [1.29, 1.82) is 0 Å². The average Bonchev–Trinajstić information content (AvgIpc) is 3.33. The molecule has 0 atom stereocenters. The van der Waals surface area contributed by atoms with E-state index in [9.17, 15) is 9.18 Å². The minimum atomic E-state index is -0.492. The van der Waals surface area contributed by atoms with Crippen LogP contribution in [0.5, 0.6) is 11.5 Å². The van der Waals surface area contributed by atoms with E-state index in [0.29, 0.717) is 22.6 Å². The fraction of sp³-hybridized carbons (Fsp3) is 0.0714. The number of furan rings is 1. The summed E-state index contributed by atoms with van der Waals surface area (Å²) >= 11 is 0. The second-order valence-corrected chi connectivity index (χ2v) is 7.80. The third-order valence-electron chi connectivity index (χ3n) is 5.55. The lowest BCUT2D eigenvalue weighted by molar-refractivity contribution is 0.0929. The van der Waals surface area contributed by atoms with Crippen molar-refractivity contribution in [1.82, 2.24) is 5.43 Å². The van der Waals surface area contributed by atoms with Crippen molar-refractivity contribution in [2.24, 2.45) is 5.10 Å². The molecule has 1 N–H and O–H groups in total. The fourth-order valence-electron chi connectivity index (χ4n) is 3.80. The fourth-order valence-corrected chi connectivity index (χ4v) is 3.80. The number of carbonyl (C=O) groups is 1. The zero-order chi connectivity index (χ0) is 24.2. The summed E-state index contributed by atoms with van der Waals surface area (Å²) in [5.41, 5.74) is 4.55. The van der Waals surface area contributed by atoms with E-state index in [1.165, 1.54) is 12.1 Å². The largest absolute Gasteiger partial charge is 0.493 e. The topological polar surface area (TPSA) is 73.1 Å². The Morgan fingerprint density at radius 1 is 0.971 bits per heavy atom. The maximum atomic E-state index is 13.2. The van der Waals surface area contributed by atoms with E-state index in [4.69, 9.17) is 13.9 Å². The van der Waals surface area contributed by atoms with Crippen LogP contribution >= 0.6 is 0 Å². The second kappa shape index (κ2) is 9.69. The molecule has 0 saturated heterocycles. The van der Waals surface area contributed by atoms with Gasteiger partial charge in [0.05, 0.1) is 13.3 Å². The van der Waals surface area contributed by atoms with Gasteiger partial charge in [-0.25, -0.2) is 9.82 Å². The lowest BCUT2D eigenvalue weighted by atomic mass is 10.0. The van der Waals surface area contributed by atoms with E-state index in [2.05, 4.69) is 10.5 Å². The molecule has 174 valence electrons. The number of ether oxygens (including phenoxy) is 2. The Hall–Kier alpha value is -4.65. The molecule has 0 radical (unpaired) electrons. The van der Waals surface area contributed by atoms with E-state index in [0.717, 1.165) is 21.7 Å². The molecule has 0 bridgehead atoms. The van der Waals surface area contributed by atoms with Crippen LogP contribution < -0.4 is 14.9 Å². The Bertz CT molecular complexity index is 1540. The molecule has 0 aliphatic rings. The Labute approximate surface area is 200 Å². The number of rotatable bonds is 7. The number of methoxy groups -OCH3 is 1. The number of nitrogens with one attached hydrogen (secondary N) is 1. The van der Waals surface area contributed by atoms with Crippen LogP contribution in [0, 0.1) is 5.82 Å². The van der Waals surface area contributed by atoms with Gasteiger partial charge in [-0.05, 0) is 46.7 Å². The quantitative estimate of drug-likeness (QED) is 0.232. The lowest BCUT2D eigenvalue weighted by Crippen LogP contribution is -2.16. The Morgan fingerprint density at radius 2 is 1.77 bits per heavy atom. The highest BCUT2D eigenvalue weighted by Crippen LogP contribution is 2.29. The van der Waals surface area contributed by atoms with Crippen molar-refractivity contribution in [2.75, 3.05) is 7.11 Å². The number of hydrogen-bond donors (Lipinski definition) is 1. The highest BCUT2D eigenvalue weighted by atomic mass is 19.1. The van der Waals surface area contributed by atoms with E-state index in [1.807, 2.05) is 48.5 Å². The van der Waals surface area contributed by atoms with Crippen LogP contribution in [0.15, 0.2) is 94.4 Å². The van der Waals surface area contributed by atoms with Gasteiger partial charge in [-0.15, -0.1) is 0 Å². The van der Waals surface area contributed by atoms with Crippen molar-refractivity contribution in [3.8, 4) is 11.5 Å². The minimum Gasteiger partial charge on any atom is -0.493 e. The number of nitrogens with zero attached hydrogens (tertiary/aromatic N) is 1. The number of halogens is 1. The van der Waals surface area contributed by atoms with E-state index in [-0.39, 0.29) is 18.2 Å². The van der Waals surface area contributed by atoms with Crippen LogP contribution in [0.2, 0.25) is 0 Å². The molecule has 0 aliphatic heterocycles. The summed E-state index contributed by atoms with van der Waals surface area (Å²) in [5.74, 6) is 0.454. The van der Waals surface area contributed by atoms with Crippen LogP contribution in [-0.2, 0) is 6.61 Å². The van der Waals surface area contributed by atoms with Gasteiger partial charge in [0.15, 0.2) is 17.1 Å². The summed E-state index contributed by atoms with van der Waals surface area (Å²) in [5, 5.41) is 6.83. The molecule has 0 spiro atoms. The zero-order valence-corrected chi connectivity index (χ0v) is 18.8. The van der Waals surface area contributed by atoms with Gasteiger partial charge in [0.2, 0.25) is 0 Å². The third-order valence-corrected chi connectivity index (χ3v) is 5.55. The molecule has 6 nitrogen and oxygen atoms in total. The molecule has 1 aromatic heterocycles. The SMILES string of the molecule is COc1cccc2cc(C(=O)NN=Cc3c(OCc4ccc(F)cc4)ccc4ccccc34)oc12. The van der Waals surface area contributed by atoms with Gasteiger partial charge in [0, 0.05) is 10.9 Å². The maximum Gasteiger partial charge on any atom is 0.307 e. The Kier molecular flexibility index (Phi) is 6.13. The van der Waals surface area contributed by atoms with Gasteiger partial charge in [-0.3, -0.25) is 4.79 Å². The molecule has 5 aromatic rings. The molecule has 35 heavy (non-hydrogen) atoms. The summed E-state index contributed by atoms with van der Waals surface area (Å²) < 4.78 is 30.2. The third kappa shape index (κ3) is 4.70. The number of hydrogen-bond acceptors (Lipinski definition) is 5. The van der Waals surface area contributed by atoms with Gasteiger partial charge in [0.1, 0.15) is 18.2 Å². The molecule has 0 saturated carbocycles. The number of hydrazone groups is 1. The van der Waals surface area contributed by atoms with Crippen LogP contribution in [0.3, 0.4) is 0 Å². The van der Waals surface area contributed by atoms with Gasteiger partial charge in [-0.1, -0.05) is 54.6 Å². The number of fused-ring (bicyclic) bond motifs is 2. The highest BCUT2D eigenvalue weighted by molar-refractivity contribution is 6.03. The van der Waals surface area contributed by atoms with Gasteiger partial charge >= 0.3 is 5.91 Å².